The summed E-state index contributed by atoms with van der Waals surface area (Å²) >= 11 is 3.06. The predicted molar refractivity (Wildman–Crippen MR) is 72.9 cm³/mol. The highest BCUT2D eigenvalue weighted by molar-refractivity contribution is 9.10. The first-order chi connectivity index (χ1) is 8.99. The van der Waals surface area contributed by atoms with E-state index >= 15 is 0 Å². The molecule has 1 aliphatic rings. The molecule has 0 bridgehead atoms. The van der Waals surface area contributed by atoms with Crippen molar-refractivity contribution >= 4 is 26.0 Å². The molecule has 0 aliphatic carbocycles. The van der Waals surface area contributed by atoms with Crippen molar-refractivity contribution in [2.45, 2.75) is 30.3 Å². The molecule has 0 saturated carbocycles. The number of nitrogens with one attached hydrogen (secondary N) is 1. The smallest absolute Gasteiger partial charge is 0.241 e. The Kier molecular flexibility index (Phi) is 4.94. The largest absolute Gasteiger partial charge is 0.377 e. The van der Waals surface area contributed by atoms with Crippen LogP contribution in [0.3, 0.4) is 0 Å². The topological polar surface area (TPSA) is 55.4 Å². The van der Waals surface area contributed by atoms with Gasteiger partial charge in [-0.1, -0.05) is 0 Å². The molecule has 1 saturated heterocycles. The van der Waals surface area contributed by atoms with E-state index in [0.29, 0.717) is 6.61 Å². The third-order valence-corrected chi connectivity index (χ3v) is 5.36. The summed E-state index contributed by atoms with van der Waals surface area (Å²) in [6.07, 6.45) is 2.84. The highest BCUT2D eigenvalue weighted by Crippen LogP contribution is 2.23. The van der Waals surface area contributed by atoms with Crippen LogP contribution in [0.25, 0.3) is 0 Å². The highest BCUT2D eigenvalue weighted by Gasteiger charge is 2.21. The Bertz CT molecular complexity index is 544. The average molecular weight is 352 g/mol. The zero-order valence-corrected chi connectivity index (χ0v) is 12.6. The average Bonchev–Trinajstić information content (AvgIpc) is 2.37. The fraction of sp³-hybridized carbons (Fsp3) is 0.500. The fourth-order valence-corrected chi connectivity index (χ4v) is 4.06. The third kappa shape index (κ3) is 3.98. The fourth-order valence-electron chi connectivity index (χ4n) is 1.94. The molecule has 7 heteroatoms. The summed E-state index contributed by atoms with van der Waals surface area (Å²) in [5, 5.41) is 0. The van der Waals surface area contributed by atoms with Gasteiger partial charge in [-0.2, -0.15) is 0 Å². The summed E-state index contributed by atoms with van der Waals surface area (Å²) in [6, 6.07) is 3.49. The van der Waals surface area contributed by atoms with E-state index in [4.69, 9.17) is 4.74 Å². The molecule has 1 N–H and O–H groups in total. The van der Waals surface area contributed by atoms with Crippen LogP contribution in [0.15, 0.2) is 27.6 Å². The van der Waals surface area contributed by atoms with Gasteiger partial charge in [0, 0.05) is 17.6 Å². The van der Waals surface area contributed by atoms with Crippen LogP contribution in [0, 0.1) is 5.82 Å². The lowest BCUT2D eigenvalue weighted by Gasteiger charge is -2.22. The van der Waals surface area contributed by atoms with Gasteiger partial charge in [0.25, 0.3) is 0 Å². The van der Waals surface area contributed by atoms with E-state index in [9.17, 15) is 12.8 Å². The van der Waals surface area contributed by atoms with Gasteiger partial charge in [0.2, 0.25) is 10.0 Å². The van der Waals surface area contributed by atoms with Gasteiger partial charge in [-0.25, -0.2) is 17.5 Å². The first-order valence-corrected chi connectivity index (χ1v) is 8.33. The lowest BCUT2D eigenvalue weighted by atomic mass is 10.1. The van der Waals surface area contributed by atoms with Gasteiger partial charge in [0.1, 0.15) is 5.82 Å². The number of hydrogen-bond donors (Lipinski definition) is 1. The summed E-state index contributed by atoms with van der Waals surface area (Å²) in [6.45, 7) is 0.915. The SMILES string of the molecule is O=S(=O)(NCC1CCCCO1)c1ccc(F)cc1Br. The Hall–Kier alpha value is -0.500. The second-order valence-electron chi connectivity index (χ2n) is 4.42. The van der Waals surface area contributed by atoms with Gasteiger partial charge in [-0.05, 0) is 53.4 Å². The van der Waals surface area contributed by atoms with Crippen LogP contribution in [0.1, 0.15) is 19.3 Å². The van der Waals surface area contributed by atoms with E-state index < -0.39 is 15.8 Å². The number of ether oxygens (including phenoxy) is 1. The lowest BCUT2D eigenvalue weighted by Crippen LogP contribution is -2.35. The maximum Gasteiger partial charge on any atom is 0.241 e. The molecular weight excluding hydrogens is 337 g/mol. The maximum absolute atomic E-state index is 12.9. The molecule has 1 aromatic carbocycles. The zero-order valence-electron chi connectivity index (χ0n) is 10.2. The van der Waals surface area contributed by atoms with Crippen molar-refractivity contribution in [1.82, 2.24) is 4.72 Å². The maximum atomic E-state index is 12.9. The van der Waals surface area contributed by atoms with Crippen molar-refractivity contribution in [1.29, 1.82) is 0 Å². The predicted octanol–water partition coefficient (Wildman–Crippen LogP) is 2.44. The normalized spacial score (nSPS) is 20.4. The van der Waals surface area contributed by atoms with Crippen LogP contribution in [0.4, 0.5) is 4.39 Å². The first-order valence-electron chi connectivity index (χ1n) is 6.05. The number of benzene rings is 1. The van der Waals surface area contributed by atoms with E-state index in [0.717, 1.165) is 31.4 Å². The second kappa shape index (κ2) is 6.30. The Morgan fingerprint density at radius 2 is 2.21 bits per heavy atom. The first kappa shape index (κ1) is 14.9. The summed E-state index contributed by atoms with van der Waals surface area (Å²) < 4.78 is 45.3. The van der Waals surface area contributed by atoms with Gasteiger partial charge >= 0.3 is 0 Å². The number of sulfonamides is 1. The molecule has 0 spiro atoms. The van der Waals surface area contributed by atoms with Crippen molar-refractivity contribution in [3.05, 3.63) is 28.5 Å². The van der Waals surface area contributed by atoms with Gasteiger partial charge in [-0.15, -0.1) is 0 Å². The summed E-state index contributed by atoms with van der Waals surface area (Å²) in [5.41, 5.74) is 0. The molecule has 19 heavy (non-hydrogen) atoms. The Morgan fingerprint density at radius 1 is 1.42 bits per heavy atom. The van der Waals surface area contributed by atoms with Crippen LogP contribution < -0.4 is 4.72 Å². The number of halogens is 2. The monoisotopic (exact) mass is 351 g/mol. The molecular formula is C12H15BrFNO3S. The lowest BCUT2D eigenvalue weighted by molar-refractivity contribution is 0.0200. The van der Waals surface area contributed by atoms with Crippen molar-refractivity contribution in [2.24, 2.45) is 0 Å². The van der Waals surface area contributed by atoms with E-state index in [2.05, 4.69) is 20.7 Å². The molecule has 2 rings (SSSR count). The van der Waals surface area contributed by atoms with Crippen LogP contribution in [0.5, 0.6) is 0 Å². The number of hydrogen-bond acceptors (Lipinski definition) is 3. The minimum atomic E-state index is -3.65. The van der Waals surface area contributed by atoms with Gasteiger partial charge in [0.05, 0.1) is 11.0 Å². The van der Waals surface area contributed by atoms with Crippen LogP contribution in [-0.2, 0) is 14.8 Å². The minimum absolute atomic E-state index is 0.0321. The Labute approximate surface area is 120 Å². The van der Waals surface area contributed by atoms with Gasteiger partial charge in [0.15, 0.2) is 0 Å². The third-order valence-electron chi connectivity index (χ3n) is 2.96. The van der Waals surface area contributed by atoms with Crippen molar-refractivity contribution in [2.75, 3.05) is 13.2 Å². The molecule has 0 amide bonds. The van der Waals surface area contributed by atoms with Crippen molar-refractivity contribution in [3.8, 4) is 0 Å². The summed E-state index contributed by atoms with van der Waals surface area (Å²) in [4.78, 5) is 0.0321. The standard InChI is InChI=1S/C12H15BrFNO3S/c13-11-7-9(14)4-5-12(11)19(16,17)15-8-10-3-1-2-6-18-10/h4-5,7,10,15H,1-3,6,8H2. The molecule has 0 aromatic heterocycles. The molecule has 106 valence electrons. The molecule has 1 aromatic rings. The van der Waals surface area contributed by atoms with Crippen LogP contribution in [-0.4, -0.2) is 27.7 Å². The van der Waals surface area contributed by atoms with Crippen molar-refractivity contribution in [3.63, 3.8) is 0 Å². The van der Waals surface area contributed by atoms with Crippen molar-refractivity contribution < 1.29 is 17.5 Å². The van der Waals surface area contributed by atoms with Gasteiger partial charge < -0.3 is 4.74 Å². The molecule has 1 heterocycles. The number of rotatable bonds is 4. The Balaban J connectivity index is 2.05. The van der Waals surface area contributed by atoms with Crippen LogP contribution in [0.2, 0.25) is 0 Å². The Morgan fingerprint density at radius 3 is 2.84 bits per heavy atom. The molecule has 0 radical (unpaired) electrons. The molecule has 1 unspecified atom stereocenters. The summed E-state index contributed by atoms with van der Waals surface area (Å²) in [5.74, 6) is -0.485. The molecule has 1 atom stereocenters. The molecule has 1 aliphatic heterocycles. The van der Waals surface area contributed by atoms with E-state index in [1.165, 1.54) is 6.07 Å². The van der Waals surface area contributed by atoms with E-state index in [1.807, 2.05) is 0 Å². The quantitative estimate of drug-likeness (QED) is 0.906. The van der Waals surface area contributed by atoms with Crippen LogP contribution >= 0.6 is 15.9 Å². The summed E-state index contributed by atoms with van der Waals surface area (Å²) in [7, 11) is -3.65. The highest BCUT2D eigenvalue weighted by atomic mass is 79.9. The molecule has 4 nitrogen and oxygen atoms in total. The minimum Gasteiger partial charge on any atom is -0.377 e. The molecule has 1 fully saturated rings. The van der Waals surface area contributed by atoms with E-state index in [-0.39, 0.29) is 22.0 Å². The second-order valence-corrected chi connectivity index (χ2v) is 7.00. The van der Waals surface area contributed by atoms with Gasteiger partial charge in [-0.3, -0.25) is 0 Å². The zero-order chi connectivity index (χ0) is 13.9. The van der Waals surface area contributed by atoms with E-state index in [1.54, 1.807) is 0 Å².